The molecule has 0 spiro atoms. The minimum atomic E-state index is -0.212. The number of hydrogen-bond acceptors (Lipinski definition) is 7. The van der Waals surface area contributed by atoms with Gasteiger partial charge in [-0.2, -0.15) is 0 Å². The molecule has 2 aliphatic rings. The first kappa shape index (κ1) is 18.1. The van der Waals surface area contributed by atoms with Gasteiger partial charge in [-0.05, 0) is 30.9 Å². The third-order valence-electron chi connectivity index (χ3n) is 6.10. The van der Waals surface area contributed by atoms with Gasteiger partial charge >= 0.3 is 0 Å². The summed E-state index contributed by atoms with van der Waals surface area (Å²) in [5.41, 5.74) is 2.20. The molecular formula is C20H17ClN6O2S. The summed E-state index contributed by atoms with van der Waals surface area (Å²) in [5, 5.41) is 18.8. The van der Waals surface area contributed by atoms with Gasteiger partial charge in [-0.1, -0.05) is 16.8 Å². The smallest absolute Gasteiger partial charge is 0.248 e. The highest BCUT2D eigenvalue weighted by Gasteiger charge is 2.64. The fraction of sp³-hybridized carbons (Fsp3) is 0.300. The number of nitrogens with zero attached hydrogens (tertiary/aromatic N) is 4. The maximum absolute atomic E-state index is 11.7. The maximum Gasteiger partial charge on any atom is 0.248 e. The lowest BCUT2D eigenvalue weighted by molar-refractivity contribution is 0.395. The number of nitrogens with one attached hydrogen (secondary N) is 2. The summed E-state index contributed by atoms with van der Waals surface area (Å²) in [7, 11) is 1.94. The standard InChI is InChI=1S/C20H17ClN6O2S/c1-27-18(10-2-3-22-17(28)5-10)24-25-19(27)20-8-12(20)6-13(23-20)14-7-15(29-26-14)11-4-16(21)30-9-11/h2-5,7,9,12-13,23H,6,8H2,1H3,(H,22,28)/t12-,13-,20-/m1/s1. The van der Waals surface area contributed by atoms with Gasteiger partial charge in [0.1, 0.15) is 5.69 Å². The molecule has 152 valence electrons. The summed E-state index contributed by atoms with van der Waals surface area (Å²) >= 11 is 7.51. The van der Waals surface area contributed by atoms with E-state index in [1.54, 1.807) is 6.20 Å². The van der Waals surface area contributed by atoms with Crippen LogP contribution in [-0.2, 0) is 12.6 Å². The minimum absolute atomic E-state index is 0.0927. The van der Waals surface area contributed by atoms with Crippen LogP contribution in [0.5, 0.6) is 0 Å². The Morgan fingerprint density at radius 2 is 2.20 bits per heavy atom. The molecule has 2 fully saturated rings. The Labute approximate surface area is 179 Å². The van der Waals surface area contributed by atoms with Gasteiger partial charge in [-0.3, -0.25) is 10.1 Å². The fourth-order valence-electron chi connectivity index (χ4n) is 4.56. The Hall–Kier alpha value is -2.75. The monoisotopic (exact) mass is 440 g/mol. The molecule has 0 bridgehead atoms. The third kappa shape index (κ3) is 2.69. The summed E-state index contributed by atoms with van der Waals surface area (Å²) in [6.45, 7) is 0. The van der Waals surface area contributed by atoms with Crippen molar-refractivity contribution in [3.05, 3.63) is 62.1 Å². The molecule has 5 heterocycles. The van der Waals surface area contributed by atoms with E-state index in [2.05, 4.69) is 25.7 Å². The number of thiophene rings is 1. The number of halogens is 1. The highest BCUT2D eigenvalue weighted by molar-refractivity contribution is 7.14. The average Bonchev–Trinajstić information content (AvgIpc) is 3.27. The van der Waals surface area contributed by atoms with Crippen LogP contribution in [0, 0.1) is 5.92 Å². The van der Waals surface area contributed by atoms with Gasteiger partial charge in [-0.15, -0.1) is 21.5 Å². The summed E-state index contributed by atoms with van der Waals surface area (Å²) in [6.07, 6.45) is 3.59. The predicted octanol–water partition coefficient (Wildman–Crippen LogP) is 3.49. The van der Waals surface area contributed by atoms with E-state index in [9.17, 15) is 4.79 Å². The number of fused-ring (bicyclic) bond motifs is 1. The molecule has 1 aliphatic carbocycles. The molecule has 4 aromatic rings. The van der Waals surface area contributed by atoms with Crippen molar-refractivity contribution in [2.75, 3.05) is 0 Å². The number of rotatable bonds is 4. The normalized spacial score (nSPS) is 24.9. The molecule has 4 aromatic heterocycles. The topological polar surface area (TPSA) is 102 Å². The highest BCUT2D eigenvalue weighted by Crippen LogP contribution is 2.61. The Kier molecular flexibility index (Phi) is 3.83. The van der Waals surface area contributed by atoms with E-state index in [0.717, 1.165) is 45.6 Å². The molecule has 0 aromatic carbocycles. The number of pyridine rings is 1. The van der Waals surface area contributed by atoms with Crippen LogP contribution in [0.2, 0.25) is 4.34 Å². The van der Waals surface area contributed by atoms with Gasteiger partial charge in [0, 0.05) is 41.9 Å². The van der Waals surface area contributed by atoms with E-state index in [0.29, 0.717) is 11.7 Å². The quantitative estimate of drug-likeness (QED) is 0.503. The molecule has 2 N–H and O–H groups in total. The molecule has 6 rings (SSSR count). The van der Waals surface area contributed by atoms with E-state index in [-0.39, 0.29) is 17.1 Å². The van der Waals surface area contributed by atoms with E-state index < -0.39 is 0 Å². The number of H-pyrrole nitrogens is 1. The SMILES string of the molecule is Cn1c(-c2cc[nH]c(=O)c2)nnc1[C@@]12C[C@H]1C[C@H](c1cc(-c3csc(Cl)c3)on1)N2. The van der Waals surface area contributed by atoms with Crippen LogP contribution in [0.25, 0.3) is 22.7 Å². The van der Waals surface area contributed by atoms with Crippen molar-refractivity contribution >= 4 is 22.9 Å². The molecular weight excluding hydrogens is 424 g/mol. The lowest BCUT2D eigenvalue weighted by atomic mass is 10.1. The molecule has 0 radical (unpaired) electrons. The summed E-state index contributed by atoms with van der Waals surface area (Å²) < 4.78 is 8.26. The second kappa shape index (κ2) is 6.37. The van der Waals surface area contributed by atoms with Gasteiger partial charge in [0.15, 0.2) is 17.4 Å². The molecule has 1 saturated carbocycles. The van der Waals surface area contributed by atoms with Crippen LogP contribution in [0.15, 0.2) is 45.2 Å². The molecule has 0 unspecified atom stereocenters. The van der Waals surface area contributed by atoms with Crippen molar-refractivity contribution in [1.29, 1.82) is 0 Å². The molecule has 10 heteroatoms. The number of hydrogen-bond donors (Lipinski definition) is 2. The second-order valence-electron chi connectivity index (χ2n) is 7.91. The van der Waals surface area contributed by atoms with Gasteiger partial charge < -0.3 is 14.1 Å². The zero-order valence-electron chi connectivity index (χ0n) is 15.9. The van der Waals surface area contributed by atoms with Crippen LogP contribution in [0.3, 0.4) is 0 Å². The lowest BCUT2D eigenvalue weighted by Gasteiger charge is -2.17. The van der Waals surface area contributed by atoms with Gasteiger partial charge in [0.2, 0.25) is 5.56 Å². The number of aromatic amines is 1. The summed E-state index contributed by atoms with van der Waals surface area (Å²) in [6, 6.07) is 7.32. The zero-order chi connectivity index (χ0) is 20.5. The lowest BCUT2D eigenvalue weighted by Crippen LogP contribution is -2.31. The third-order valence-corrected chi connectivity index (χ3v) is 7.19. The summed E-state index contributed by atoms with van der Waals surface area (Å²) in [5.74, 6) is 2.76. The first-order chi connectivity index (χ1) is 14.5. The molecule has 0 amide bonds. The zero-order valence-corrected chi connectivity index (χ0v) is 17.5. The second-order valence-corrected chi connectivity index (χ2v) is 9.45. The van der Waals surface area contributed by atoms with Crippen molar-refractivity contribution in [3.8, 4) is 22.7 Å². The van der Waals surface area contributed by atoms with E-state index in [1.165, 1.54) is 17.4 Å². The van der Waals surface area contributed by atoms with Crippen molar-refractivity contribution < 1.29 is 4.52 Å². The fourth-order valence-corrected chi connectivity index (χ4v) is 5.43. The van der Waals surface area contributed by atoms with Crippen LogP contribution < -0.4 is 10.9 Å². The number of aromatic nitrogens is 5. The largest absolute Gasteiger partial charge is 0.356 e. The van der Waals surface area contributed by atoms with E-state index in [1.807, 2.05) is 35.2 Å². The molecule has 1 saturated heterocycles. The van der Waals surface area contributed by atoms with Crippen LogP contribution in [0.4, 0.5) is 0 Å². The Morgan fingerprint density at radius 1 is 1.30 bits per heavy atom. The molecule has 30 heavy (non-hydrogen) atoms. The Morgan fingerprint density at radius 3 is 3.00 bits per heavy atom. The molecule has 3 atom stereocenters. The minimum Gasteiger partial charge on any atom is -0.356 e. The number of piperidine rings is 1. The van der Waals surface area contributed by atoms with E-state index >= 15 is 0 Å². The van der Waals surface area contributed by atoms with Crippen molar-refractivity contribution in [1.82, 2.24) is 30.2 Å². The van der Waals surface area contributed by atoms with Crippen LogP contribution >= 0.6 is 22.9 Å². The highest BCUT2D eigenvalue weighted by atomic mass is 35.5. The van der Waals surface area contributed by atoms with E-state index in [4.69, 9.17) is 16.1 Å². The average molecular weight is 441 g/mol. The first-order valence-electron chi connectivity index (χ1n) is 9.61. The van der Waals surface area contributed by atoms with Gasteiger partial charge in [0.05, 0.1) is 15.9 Å². The molecule has 8 nitrogen and oxygen atoms in total. The van der Waals surface area contributed by atoms with Crippen LogP contribution in [0.1, 0.15) is 30.4 Å². The van der Waals surface area contributed by atoms with Crippen molar-refractivity contribution in [2.45, 2.75) is 24.4 Å². The van der Waals surface area contributed by atoms with Gasteiger partial charge in [0.25, 0.3) is 0 Å². The maximum atomic E-state index is 11.7. The van der Waals surface area contributed by atoms with Crippen molar-refractivity contribution in [2.24, 2.45) is 13.0 Å². The van der Waals surface area contributed by atoms with Crippen LogP contribution in [-0.4, -0.2) is 24.9 Å². The van der Waals surface area contributed by atoms with Crippen molar-refractivity contribution in [3.63, 3.8) is 0 Å². The summed E-state index contributed by atoms with van der Waals surface area (Å²) in [4.78, 5) is 14.3. The Bertz CT molecular complexity index is 1320. The predicted molar refractivity (Wildman–Crippen MR) is 112 cm³/mol. The first-order valence-corrected chi connectivity index (χ1v) is 10.9. The Balaban J connectivity index is 1.27. The molecule has 1 aliphatic heterocycles. The van der Waals surface area contributed by atoms with Gasteiger partial charge in [-0.25, -0.2) is 0 Å².